The lowest BCUT2D eigenvalue weighted by molar-refractivity contribution is -0.0689. The third kappa shape index (κ3) is 6.14. The molecule has 3 aromatic carbocycles. The first-order valence-corrected chi connectivity index (χ1v) is 12.2. The number of hydrogen-bond acceptors (Lipinski definition) is 3. The van der Waals surface area contributed by atoms with Gasteiger partial charge in [-0.2, -0.15) is 13.2 Å². The van der Waals surface area contributed by atoms with Gasteiger partial charge in [-0.1, -0.05) is 89.4 Å². The highest BCUT2D eigenvalue weighted by Crippen LogP contribution is 2.40. The Morgan fingerprint density at radius 1 is 0.921 bits per heavy atom. The molecule has 11 heteroatoms. The largest absolute Gasteiger partial charge is 0.445 e. The number of rotatable bonds is 6. The molecular formula is C27H18Cl3F4NO3. The summed E-state index contributed by atoms with van der Waals surface area (Å²) in [5.41, 5.74) is -2.70. The molecule has 1 aliphatic heterocycles. The second kappa shape index (κ2) is 11.0. The molecule has 38 heavy (non-hydrogen) atoms. The molecule has 1 fully saturated rings. The second-order valence-corrected chi connectivity index (χ2v) is 9.81. The Kier molecular flexibility index (Phi) is 8.06. The van der Waals surface area contributed by atoms with Crippen LogP contribution in [-0.2, 0) is 17.0 Å². The molecule has 0 unspecified atom stereocenters. The van der Waals surface area contributed by atoms with Crippen molar-refractivity contribution in [2.75, 3.05) is 13.1 Å². The van der Waals surface area contributed by atoms with E-state index in [0.717, 1.165) is 17.7 Å². The topological polar surface area (TPSA) is 46.6 Å². The molecule has 0 atom stereocenters. The first kappa shape index (κ1) is 28.0. The highest BCUT2D eigenvalue weighted by molar-refractivity contribution is 6.48. The Balaban J connectivity index is 1.44. The maximum absolute atomic E-state index is 15.3. The van der Waals surface area contributed by atoms with Crippen LogP contribution in [0.4, 0.5) is 22.4 Å². The highest BCUT2D eigenvalue weighted by atomic mass is 35.5. The van der Waals surface area contributed by atoms with Crippen molar-refractivity contribution in [1.82, 2.24) is 4.90 Å². The SMILES string of the molecule is O=C(/C=C(/c1cc(Cl)c(Cl)c(Cl)c1)C(F)(F)F)c1ccc(C2(F)CN(C(=O)OCc3ccccc3)C2)cc1. The average molecular weight is 587 g/mol. The van der Waals surface area contributed by atoms with E-state index >= 15 is 4.39 Å². The minimum absolute atomic E-state index is 0.0497. The van der Waals surface area contributed by atoms with Crippen molar-refractivity contribution in [3.8, 4) is 0 Å². The standard InChI is InChI=1S/C27H18Cl3F4NO3/c28-21-10-18(11-22(29)24(21)30)20(27(32,33)34)12-23(36)17-6-8-19(9-7-17)26(31)14-35(15-26)25(37)38-13-16-4-2-1-3-5-16/h1-12H,13-15H2/b20-12-. The molecule has 1 saturated heterocycles. The van der Waals surface area contributed by atoms with E-state index < -0.39 is 34.9 Å². The molecule has 1 amide bonds. The fourth-order valence-electron chi connectivity index (χ4n) is 3.87. The summed E-state index contributed by atoms with van der Waals surface area (Å²) >= 11 is 17.5. The molecule has 4 nitrogen and oxygen atoms in total. The van der Waals surface area contributed by atoms with Crippen LogP contribution in [0.15, 0.2) is 72.8 Å². The van der Waals surface area contributed by atoms with E-state index in [1.54, 1.807) is 24.3 Å². The number of nitrogens with zero attached hydrogens (tertiary/aromatic N) is 1. The van der Waals surface area contributed by atoms with Crippen LogP contribution in [0, 0.1) is 0 Å². The fourth-order valence-corrected chi connectivity index (χ4v) is 4.46. The maximum atomic E-state index is 15.3. The van der Waals surface area contributed by atoms with Crippen molar-refractivity contribution in [3.05, 3.63) is 110 Å². The third-order valence-corrected chi connectivity index (χ3v) is 7.11. The molecule has 0 spiro atoms. The van der Waals surface area contributed by atoms with Crippen molar-refractivity contribution in [2.24, 2.45) is 0 Å². The summed E-state index contributed by atoms with van der Waals surface area (Å²) in [6, 6.07) is 16.0. The van der Waals surface area contributed by atoms with Gasteiger partial charge in [0, 0.05) is 5.56 Å². The Morgan fingerprint density at radius 2 is 1.50 bits per heavy atom. The zero-order valence-corrected chi connectivity index (χ0v) is 21.6. The zero-order valence-electron chi connectivity index (χ0n) is 19.4. The summed E-state index contributed by atoms with van der Waals surface area (Å²) in [6.07, 6.45) is -5.14. The van der Waals surface area contributed by atoms with Gasteiger partial charge in [0.05, 0.1) is 33.7 Å². The second-order valence-electron chi connectivity index (χ2n) is 8.61. The van der Waals surface area contributed by atoms with Crippen molar-refractivity contribution < 1.29 is 31.9 Å². The Labute approximate surface area is 230 Å². The summed E-state index contributed by atoms with van der Waals surface area (Å²) in [5.74, 6) is -0.960. The predicted octanol–water partition coefficient (Wildman–Crippen LogP) is 8.29. The predicted molar refractivity (Wildman–Crippen MR) is 137 cm³/mol. The van der Waals surface area contributed by atoms with Crippen LogP contribution < -0.4 is 0 Å². The molecule has 0 aliphatic carbocycles. The van der Waals surface area contributed by atoms with Gasteiger partial charge in [-0.05, 0) is 34.9 Å². The zero-order chi connectivity index (χ0) is 27.7. The third-order valence-electron chi connectivity index (χ3n) is 5.91. The van der Waals surface area contributed by atoms with E-state index in [1.807, 2.05) is 6.07 Å². The lowest BCUT2D eigenvalue weighted by atomic mass is 9.87. The summed E-state index contributed by atoms with van der Waals surface area (Å²) in [6.45, 7) is -0.470. The van der Waals surface area contributed by atoms with Crippen LogP contribution in [0.5, 0.6) is 0 Å². The summed E-state index contributed by atoms with van der Waals surface area (Å²) in [5, 5.41) is -0.514. The fraction of sp³-hybridized carbons (Fsp3) is 0.185. The number of hydrogen-bond donors (Lipinski definition) is 0. The number of carbonyl (C=O) groups excluding carboxylic acids is 2. The molecule has 1 heterocycles. The number of amides is 1. The highest BCUT2D eigenvalue weighted by Gasteiger charge is 2.48. The van der Waals surface area contributed by atoms with E-state index in [-0.39, 0.29) is 45.9 Å². The summed E-state index contributed by atoms with van der Waals surface area (Å²) in [7, 11) is 0. The van der Waals surface area contributed by atoms with Crippen molar-refractivity contribution in [1.29, 1.82) is 0 Å². The number of benzene rings is 3. The van der Waals surface area contributed by atoms with Gasteiger partial charge in [0.25, 0.3) is 0 Å². The number of alkyl halides is 4. The maximum Gasteiger partial charge on any atom is 0.417 e. The van der Waals surface area contributed by atoms with Gasteiger partial charge in [0.15, 0.2) is 11.5 Å². The Morgan fingerprint density at radius 3 is 2.05 bits per heavy atom. The quantitative estimate of drug-likeness (QED) is 0.126. The van der Waals surface area contributed by atoms with E-state index in [2.05, 4.69) is 0 Å². The minimum Gasteiger partial charge on any atom is -0.445 e. The first-order valence-electron chi connectivity index (χ1n) is 11.1. The lowest BCUT2D eigenvalue weighted by Crippen LogP contribution is -2.58. The molecule has 1 aliphatic rings. The average Bonchev–Trinajstić information content (AvgIpc) is 2.86. The molecule has 0 N–H and O–H groups in total. The van der Waals surface area contributed by atoms with Crippen molar-refractivity contribution in [3.63, 3.8) is 0 Å². The molecule has 0 bridgehead atoms. The summed E-state index contributed by atoms with van der Waals surface area (Å²) in [4.78, 5) is 26.0. The van der Waals surface area contributed by atoms with Crippen LogP contribution in [0.1, 0.15) is 27.0 Å². The van der Waals surface area contributed by atoms with Gasteiger partial charge < -0.3 is 9.64 Å². The van der Waals surface area contributed by atoms with Gasteiger partial charge in [0.1, 0.15) is 6.61 Å². The molecular weight excluding hydrogens is 569 g/mol. The monoisotopic (exact) mass is 585 g/mol. The van der Waals surface area contributed by atoms with E-state index in [4.69, 9.17) is 39.5 Å². The molecule has 198 valence electrons. The van der Waals surface area contributed by atoms with Crippen molar-refractivity contribution >= 4 is 52.3 Å². The van der Waals surface area contributed by atoms with Crippen LogP contribution in [-0.4, -0.2) is 36.0 Å². The minimum atomic E-state index is -4.90. The van der Waals surface area contributed by atoms with Gasteiger partial charge in [-0.3, -0.25) is 4.79 Å². The first-order chi connectivity index (χ1) is 17.9. The molecule has 4 rings (SSSR count). The van der Waals surface area contributed by atoms with Gasteiger partial charge in [-0.25, -0.2) is 9.18 Å². The van der Waals surface area contributed by atoms with Crippen LogP contribution in [0.25, 0.3) is 5.57 Å². The smallest absolute Gasteiger partial charge is 0.417 e. The molecule has 3 aromatic rings. The van der Waals surface area contributed by atoms with Crippen LogP contribution in [0.3, 0.4) is 0 Å². The van der Waals surface area contributed by atoms with Gasteiger partial charge in [-0.15, -0.1) is 0 Å². The van der Waals surface area contributed by atoms with E-state index in [9.17, 15) is 22.8 Å². The number of carbonyl (C=O) groups is 2. The summed E-state index contributed by atoms with van der Waals surface area (Å²) < 4.78 is 61.7. The normalized spacial score (nSPS) is 15.1. The van der Waals surface area contributed by atoms with Gasteiger partial charge in [0.2, 0.25) is 0 Å². The van der Waals surface area contributed by atoms with Gasteiger partial charge >= 0.3 is 12.3 Å². The lowest BCUT2D eigenvalue weighted by Gasteiger charge is -2.43. The molecule has 0 radical (unpaired) electrons. The number of halogens is 7. The molecule has 0 aromatic heterocycles. The number of allylic oxidation sites excluding steroid dienone is 2. The van der Waals surface area contributed by atoms with Crippen molar-refractivity contribution in [2.45, 2.75) is 18.5 Å². The van der Waals surface area contributed by atoms with Crippen LogP contribution in [0.2, 0.25) is 15.1 Å². The van der Waals surface area contributed by atoms with E-state index in [0.29, 0.717) is 6.08 Å². The number of ether oxygens (including phenoxy) is 1. The van der Waals surface area contributed by atoms with E-state index in [1.165, 1.54) is 29.2 Å². The number of ketones is 1. The molecule has 0 saturated carbocycles. The Hall–Kier alpha value is -3.07. The van der Waals surface area contributed by atoms with Crippen LogP contribution >= 0.6 is 34.8 Å². The number of likely N-dealkylation sites (tertiary alicyclic amines) is 1. The Bertz CT molecular complexity index is 1360.